The molecule has 1 saturated heterocycles. The number of benzene rings is 2. The number of piperazine rings is 1. The summed E-state index contributed by atoms with van der Waals surface area (Å²) in [5, 5.41) is 0. The summed E-state index contributed by atoms with van der Waals surface area (Å²) in [4.78, 5) is 9.78. The van der Waals surface area contributed by atoms with E-state index in [1.54, 1.807) is 12.1 Å². The van der Waals surface area contributed by atoms with Crippen molar-refractivity contribution >= 4 is 11.5 Å². The summed E-state index contributed by atoms with van der Waals surface area (Å²) in [6, 6.07) is 11.7. The predicted octanol–water partition coefficient (Wildman–Crippen LogP) is 3.75. The molecule has 1 fully saturated rings. The summed E-state index contributed by atoms with van der Waals surface area (Å²) in [5.74, 6) is 0.792. The first-order valence-electron chi connectivity index (χ1n) is 9.09. The lowest BCUT2D eigenvalue weighted by Gasteiger charge is -2.36. The monoisotopic (exact) mass is 337 g/mol. The summed E-state index contributed by atoms with van der Waals surface area (Å²) in [7, 11) is 0. The van der Waals surface area contributed by atoms with Gasteiger partial charge >= 0.3 is 0 Å². The Morgan fingerprint density at radius 1 is 1.08 bits per heavy atom. The minimum Gasteiger partial charge on any atom is -0.354 e. The topological polar surface area (TPSA) is 18.8 Å². The second-order valence-corrected chi connectivity index (χ2v) is 6.93. The van der Waals surface area contributed by atoms with Gasteiger partial charge in [-0.3, -0.25) is 0 Å². The molecule has 4 heteroatoms. The van der Waals surface area contributed by atoms with Gasteiger partial charge < -0.3 is 9.80 Å². The van der Waals surface area contributed by atoms with E-state index in [9.17, 15) is 4.39 Å². The van der Waals surface area contributed by atoms with Gasteiger partial charge in [-0.2, -0.15) is 0 Å². The number of halogens is 1. The molecule has 2 aliphatic rings. The van der Waals surface area contributed by atoms with Gasteiger partial charge in [0.25, 0.3) is 0 Å². The molecule has 0 atom stereocenters. The number of hydrogen-bond acceptors (Lipinski definition) is 3. The van der Waals surface area contributed by atoms with Crippen molar-refractivity contribution in [3.63, 3.8) is 0 Å². The van der Waals surface area contributed by atoms with Crippen molar-refractivity contribution in [3.05, 3.63) is 64.5 Å². The maximum absolute atomic E-state index is 14.6. The zero-order chi connectivity index (χ0) is 17.4. The van der Waals surface area contributed by atoms with E-state index in [1.165, 1.54) is 5.56 Å². The third-order valence-electron chi connectivity index (χ3n) is 5.31. The molecule has 0 N–H and O–H groups in total. The number of aryl methyl sites for hydroxylation is 1. The van der Waals surface area contributed by atoms with Gasteiger partial charge in [-0.05, 0) is 36.7 Å². The van der Waals surface area contributed by atoms with Crippen molar-refractivity contribution < 1.29 is 4.39 Å². The fraction of sp³-hybridized carbons (Fsp3) is 0.381. The van der Waals surface area contributed by atoms with E-state index in [0.717, 1.165) is 60.9 Å². The van der Waals surface area contributed by atoms with Crippen LogP contribution in [0.3, 0.4) is 0 Å². The van der Waals surface area contributed by atoms with Crippen molar-refractivity contribution in [1.82, 2.24) is 9.80 Å². The van der Waals surface area contributed by atoms with E-state index in [1.807, 2.05) is 6.07 Å². The molecule has 0 spiro atoms. The van der Waals surface area contributed by atoms with Crippen molar-refractivity contribution in [2.45, 2.75) is 20.3 Å². The molecule has 0 amide bonds. The van der Waals surface area contributed by atoms with E-state index in [2.05, 4.69) is 41.8 Å². The fourth-order valence-corrected chi connectivity index (χ4v) is 3.76. The largest absolute Gasteiger partial charge is 0.354 e. The maximum Gasteiger partial charge on any atom is 0.137 e. The van der Waals surface area contributed by atoms with Crippen LogP contribution in [0.25, 0.3) is 0 Å². The Morgan fingerprint density at radius 2 is 1.88 bits per heavy atom. The lowest BCUT2D eigenvalue weighted by molar-refractivity contribution is 0.190. The average Bonchev–Trinajstić information content (AvgIpc) is 2.79. The quantitative estimate of drug-likeness (QED) is 0.789. The standard InChI is InChI=1S/C21H24FN3/c1-3-24-9-11-25(12-10-24)21-17-5-4-6-19(22)18(17)14-16-8-7-15(2)13-20(16)23-21/h4-8,13H,3,9-12,14H2,1-2H3. The molecule has 0 unspecified atom stereocenters. The van der Waals surface area contributed by atoms with Crippen molar-refractivity contribution in [3.8, 4) is 0 Å². The molecule has 0 aliphatic carbocycles. The molecule has 2 aromatic carbocycles. The second kappa shape index (κ2) is 6.60. The van der Waals surface area contributed by atoms with Crippen LogP contribution in [0.5, 0.6) is 0 Å². The summed E-state index contributed by atoms with van der Waals surface area (Å²) in [5.41, 5.74) is 4.97. The third kappa shape index (κ3) is 3.07. The summed E-state index contributed by atoms with van der Waals surface area (Å²) in [6.45, 7) is 9.28. The highest BCUT2D eigenvalue weighted by Crippen LogP contribution is 2.32. The van der Waals surface area contributed by atoms with Gasteiger partial charge in [0.15, 0.2) is 0 Å². The SMILES string of the molecule is CCN1CCN(C2=Nc3cc(C)ccc3Cc3c(F)cccc32)CC1. The first-order chi connectivity index (χ1) is 12.2. The average molecular weight is 337 g/mol. The normalized spacial score (nSPS) is 17.6. The van der Waals surface area contributed by atoms with E-state index in [4.69, 9.17) is 4.99 Å². The number of rotatable bonds is 1. The van der Waals surface area contributed by atoms with Gasteiger partial charge in [-0.1, -0.05) is 31.2 Å². The van der Waals surface area contributed by atoms with E-state index in [-0.39, 0.29) is 5.82 Å². The van der Waals surface area contributed by atoms with Crippen LogP contribution >= 0.6 is 0 Å². The third-order valence-corrected chi connectivity index (χ3v) is 5.31. The second-order valence-electron chi connectivity index (χ2n) is 6.93. The molecule has 25 heavy (non-hydrogen) atoms. The van der Waals surface area contributed by atoms with E-state index < -0.39 is 0 Å². The summed E-state index contributed by atoms with van der Waals surface area (Å²) < 4.78 is 14.6. The molecule has 0 radical (unpaired) electrons. The van der Waals surface area contributed by atoms with Crippen LogP contribution in [0.4, 0.5) is 10.1 Å². The van der Waals surface area contributed by atoms with Gasteiger partial charge in [-0.25, -0.2) is 9.38 Å². The highest BCUT2D eigenvalue weighted by atomic mass is 19.1. The van der Waals surface area contributed by atoms with Crippen molar-refractivity contribution in [2.24, 2.45) is 4.99 Å². The summed E-state index contributed by atoms with van der Waals surface area (Å²) >= 11 is 0. The minimum atomic E-state index is -0.134. The Morgan fingerprint density at radius 3 is 2.64 bits per heavy atom. The van der Waals surface area contributed by atoms with Gasteiger partial charge in [0.1, 0.15) is 11.7 Å². The molecule has 4 rings (SSSR count). The van der Waals surface area contributed by atoms with Crippen LogP contribution in [0.1, 0.15) is 29.2 Å². The van der Waals surface area contributed by atoms with Gasteiger partial charge in [-0.15, -0.1) is 0 Å². The molecule has 0 saturated carbocycles. The molecule has 130 valence electrons. The number of amidine groups is 1. The van der Waals surface area contributed by atoms with Crippen LogP contribution in [0.2, 0.25) is 0 Å². The van der Waals surface area contributed by atoms with Crippen LogP contribution in [-0.2, 0) is 6.42 Å². The molecule has 2 heterocycles. The number of hydrogen-bond donors (Lipinski definition) is 0. The zero-order valence-electron chi connectivity index (χ0n) is 14.9. The van der Waals surface area contributed by atoms with E-state index in [0.29, 0.717) is 6.42 Å². The van der Waals surface area contributed by atoms with Crippen LogP contribution < -0.4 is 0 Å². The number of likely N-dealkylation sites (N-methyl/N-ethyl adjacent to an activating group) is 1. The first kappa shape index (κ1) is 16.3. The molecular weight excluding hydrogens is 313 g/mol. The van der Waals surface area contributed by atoms with E-state index >= 15 is 0 Å². The van der Waals surface area contributed by atoms with Crippen LogP contribution in [0.15, 0.2) is 41.4 Å². The molecule has 0 aromatic heterocycles. The Kier molecular flexibility index (Phi) is 4.30. The Bertz CT molecular complexity index is 820. The summed E-state index contributed by atoms with van der Waals surface area (Å²) in [6.07, 6.45) is 0.597. The highest BCUT2D eigenvalue weighted by Gasteiger charge is 2.25. The van der Waals surface area contributed by atoms with Crippen LogP contribution in [-0.4, -0.2) is 48.4 Å². The Balaban J connectivity index is 1.81. The number of aliphatic imine (C=N–C) groups is 1. The molecule has 0 bridgehead atoms. The highest BCUT2D eigenvalue weighted by molar-refractivity contribution is 6.02. The Hall–Kier alpha value is -2.20. The minimum absolute atomic E-state index is 0.134. The predicted molar refractivity (Wildman–Crippen MR) is 100 cm³/mol. The molecule has 2 aromatic rings. The van der Waals surface area contributed by atoms with Gasteiger partial charge in [0.05, 0.1) is 5.69 Å². The van der Waals surface area contributed by atoms with Crippen molar-refractivity contribution in [2.75, 3.05) is 32.7 Å². The number of fused-ring (bicyclic) bond motifs is 2. The Labute approximate surface area is 148 Å². The molecule has 2 aliphatic heterocycles. The first-order valence-corrected chi connectivity index (χ1v) is 9.09. The lowest BCUT2D eigenvalue weighted by Crippen LogP contribution is -2.48. The smallest absolute Gasteiger partial charge is 0.137 e. The van der Waals surface area contributed by atoms with Crippen molar-refractivity contribution in [1.29, 1.82) is 0 Å². The lowest BCUT2D eigenvalue weighted by atomic mass is 9.98. The molecular formula is C21H24FN3. The van der Waals surface area contributed by atoms with Gasteiger partial charge in [0, 0.05) is 43.7 Å². The van der Waals surface area contributed by atoms with Crippen LogP contribution in [0, 0.1) is 12.7 Å². The fourth-order valence-electron chi connectivity index (χ4n) is 3.76. The van der Waals surface area contributed by atoms with Gasteiger partial charge in [0.2, 0.25) is 0 Å². The number of nitrogens with zero attached hydrogens (tertiary/aromatic N) is 3. The maximum atomic E-state index is 14.6. The zero-order valence-corrected chi connectivity index (χ0v) is 14.9. The molecule has 3 nitrogen and oxygen atoms in total.